The summed E-state index contributed by atoms with van der Waals surface area (Å²) in [6, 6.07) is 7.12. The van der Waals surface area contributed by atoms with Crippen molar-refractivity contribution in [3.05, 3.63) is 53.0 Å². The van der Waals surface area contributed by atoms with Crippen LogP contribution in [0.15, 0.2) is 34.7 Å². The number of aromatic nitrogens is 1. The summed E-state index contributed by atoms with van der Waals surface area (Å²) in [7, 11) is -3.64. The lowest BCUT2D eigenvalue weighted by Gasteiger charge is -2.21. The third kappa shape index (κ3) is 5.62. The second-order valence-corrected chi connectivity index (χ2v) is 11.2. The van der Waals surface area contributed by atoms with Crippen LogP contribution in [-0.4, -0.2) is 48.0 Å². The molecule has 4 rings (SSSR count). The molecule has 1 aliphatic carbocycles. The number of carbonyl (C=O) groups excluding carboxylic acids is 3. The van der Waals surface area contributed by atoms with Gasteiger partial charge in [-0.05, 0) is 55.2 Å². The number of benzene rings is 1. The molecular weight excluding hydrogens is 501 g/mol. The Labute approximate surface area is 213 Å². The number of nitrogens with zero attached hydrogens (tertiary/aromatic N) is 2. The Morgan fingerprint density at radius 1 is 1.19 bits per heavy atom. The molecule has 1 aliphatic rings. The van der Waals surface area contributed by atoms with Gasteiger partial charge in [0, 0.05) is 24.9 Å². The molecule has 0 radical (unpaired) electrons. The number of rotatable bonds is 10. The van der Waals surface area contributed by atoms with E-state index in [2.05, 4.69) is 4.98 Å². The van der Waals surface area contributed by atoms with Gasteiger partial charge in [-0.25, -0.2) is 17.8 Å². The molecule has 11 heteroatoms. The minimum absolute atomic E-state index is 0.0526. The van der Waals surface area contributed by atoms with Gasteiger partial charge in [0.15, 0.2) is 0 Å². The molecule has 2 aromatic heterocycles. The van der Waals surface area contributed by atoms with Crippen molar-refractivity contribution in [1.82, 2.24) is 9.29 Å². The summed E-state index contributed by atoms with van der Waals surface area (Å²) in [6.45, 7) is 1.94. The number of hydrogen-bond acceptors (Lipinski definition) is 7. The Balaban J connectivity index is 1.66. The van der Waals surface area contributed by atoms with Crippen LogP contribution in [0.1, 0.15) is 54.2 Å². The quantitative estimate of drug-likeness (QED) is 0.397. The zero-order valence-electron chi connectivity index (χ0n) is 20.6. The SMILES string of the molecule is CCc1cc2c(C(N)=O)c(-c3ccc(F)cc3)oc2nc1CN(CCCC1C(=O)CCC1=O)S(C)(=O)=O. The van der Waals surface area contributed by atoms with Gasteiger partial charge in [-0.1, -0.05) is 6.92 Å². The Hall–Kier alpha value is -3.44. The Bertz CT molecular complexity index is 1460. The van der Waals surface area contributed by atoms with E-state index in [9.17, 15) is 27.2 Å². The average molecular weight is 530 g/mol. The van der Waals surface area contributed by atoms with Gasteiger partial charge in [0.2, 0.25) is 15.7 Å². The number of carbonyl (C=O) groups is 3. The Morgan fingerprint density at radius 3 is 2.41 bits per heavy atom. The molecule has 1 fully saturated rings. The molecule has 1 saturated carbocycles. The number of sulfonamides is 1. The number of aryl methyl sites for hydroxylation is 1. The fourth-order valence-electron chi connectivity index (χ4n) is 4.69. The highest BCUT2D eigenvalue weighted by molar-refractivity contribution is 7.88. The van der Waals surface area contributed by atoms with Crippen LogP contribution in [0.4, 0.5) is 4.39 Å². The number of furan rings is 1. The Kier molecular flexibility index (Phi) is 7.56. The van der Waals surface area contributed by atoms with Gasteiger partial charge in [-0.3, -0.25) is 14.4 Å². The molecule has 0 spiro atoms. The molecule has 0 atom stereocenters. The largest absolute Gasteiger partial charge is 0.437 e. The second-order valence-electron chi connectivity index (χ2n) is 9.20. The summed E-state index contributed by atoms with van der Waals surface area (Å²) in [5, 5.41) is 0.386. The molecule has 9 nitrogen and oxygen atoms in total. The van der Waals surface area contributed by atoms with E-state index in [1.54, 1.807) is 6.07 Å². The fourth-order valence-corrected chi connectivity index (χ4v) is 5.51. The molecule has 1 aromatic carbocycles. The monoisotopic (exact) mass is 529 g/mol. The molecule has 1 amide bonds. The van der Waals surface area contributed by atoms with Crippen molar-refractivity contribution in [2.75, 3.05) is 12.8 Å². The maximum atomic E-state index is 13.4. The zero-order valence-corrected chi connectivity index (χ0v) is 21.4. The number of fused-ring (bicyclic) bond motifs is 1. The fraction of sp³-hybridized carbons (Fsp3) is 0.385. The van der Waals surface area contributed by atoms with E-state index in [-0.39, 0.29) is 54.5 Å². The van der Waals surface area contributed by atoms with Crippen LogP contribution in [0.3, 0.4) is 0 Å². The lowest BCUT2D eigenvalue weighted by atomic mass is 10.00. The molecular formula is C26H28FN3O6S. The van der Waals surface area contributed by atoms with Crippen molar-refractivity contribution >= 4 is 38.6 Å². The molecule has 2 heterocycles. The minimum Gasteiger partial charge on any atom is -0.437 e. The summed E-state index contributed by atoms with van der Waals surface area (Å²) in [6.07, 6.45) is 2.74. The summed E-state index contributed by atoms with van der Waals surface area (Å²) in [5.74, 6) is -1.85. The molecule has 0 saturated heterocycles. The third-order valence-electron chi connectivity index (χ3n) is 6.68. The molecule has 196 valence electrons. The van der Waals surface area contributed by atoms with E-state index in [1.807, 2.05) is 6.92 Å². The molecule has 0 unspecified atom stereocenters. The molecule has 37 heavy (non-hydrogen) atoms. The van der Waals surface area contributed by atoms with E-state index in [0.717, 1.165) is 6.26 Å². The summed E-state index contributed by atoms with van der Waals surface area (Å²) >= 11 is 0. The maximum absolute atomic E-state index is 13.4. The van der Waals surface area contributed by atoms with Crippen LogP contribution in [-0.2, 0) is 32.6 Å². The van der Waals surface area contributed by atoms with Gasteiger partial charge in [0.1, 0.15) is 23.1 Å². The highest BCUT2D eigenvalue weighted by atomic mass is 32.2. The number of pyridine rings is 1. The highest BCUT2D eigenvalue weighted by Gasteiger charge is 2.32. The van der Waals surface area contributed by atoms with E-state index < -0.39 is 27.7 Å². The predicted octanol–water partition coefficient (Wildman–Crippen LogP) is 3.39. The zero-order chi connectivity index (χ0) is 26.9. The number of nitrogens with two attached hydrogens (primary N) is 1. The minimum atomic E-state index is -3.64. The predicted molar refractivity (Wildman–Crippen MR) is 135 cm³/mol. The van der Waals surface area contributed by atoms with Crippen LogP contribution >= 0.6 is 0 Å². The van der Waals surface area contributed by atoms with Gasteiger partial charge in [-0.15, -0.1) is 0 Å². The molecule has 3 aromatic rings. The normalized spacial score (nSPS) is 14.8. The lowest BCUT2D eigenvalue weighted by Crippen LogP contribution is -2.32. The van der Waals surface area contributed by atoms with E-state index >= 15 is 0 Å². The molecule has 0 bridgehead atoms. The van der Waals surface area contributed by atoms with Crippen molar-refractivity contribution < 1.29 is 31.6 Å². The van der Waals surface area contributed by atoms with Crippen molar-refractivity contribution in [2.45, 2.75) is 45.6 Å². The number of amides is 1. The first-order chi connectivity index (χ1) is 17.5. The van der Waals surface area contributed by atoms with Crippen LogP contribution in [0.5, 0.6) is 0 Å². The average Bonchev–Trinajstić information content (AvgIpc) is 3.37. The molecule has 0 aliphatic heterocycles. The van der Waals surface area contributed by atoms with Crippen LogP contribution in [0.25, 0.3) is 22.4 Å². The van der Waals surface area contributed by atoms with Gasteiger partial charge >= 0.3 is 0 Å². The van der Waals surface area contributed by atoms with Gasteiger partial charge < -0.3 is 10.2 Å². The number of primary amides is 1. The second kappa shape index (κ2) is 10.5. The van der Waals surface area contributed by atoms with Crippen molar-refractivity contribution in [3.63, 3.8) is 0 Å². The number of hydrogen-bond donors (Lipinski definition) is 1. The first-order valence-corrected chi connectivity index (χ1v) is 13.9. The van der Waals surface area contributed by atoms with Crippen molar-refractivity contribution in [2.24, 2.45) is 11.7 Å². The van der Waals surface area contributed by atoms with Gasteiger partial charge in [0.25, 0.3) is 5.91 Å². The van der Waals surface area contributed by atoms with E-state index in [1.165, 1.54) is 28.6 Å². The van der Waals surface area contributed by atoms with E-state index in [0.29, 0.717) is 41.5 Å². The Morgan fingerprint density at radius 2 is 1.84 bits per heavy atom. The number of ketones is 2. The smallest absolute Gasteiger partial charge is 0.253 e. The first kappa shape index (κ1) is 26.6. The van der Waals surface area contributed by atoms with Crippen LogP contribution < -0.4 is 5.73 Å². The third-order valence-corrected chi connectivity index (χ3v) is 7.93. The van der Waals surface area contributed by atoms with Crippen LogP contribution in [0.2, 0.25) is 0 Å². The maximum Gasteiger partial charge on any atom is 0.253 e. The number of Topliss-reactive ketones (excluding diaryl/α,β-unsaturated/α-hetero) is 2. The van der Waals surface area contributed by atoms with Gasteiger partial charge in [-0.2, -0.15) is 4.31 Å². The summed E-state index contributed by atoms with van der Waals surface area (Å²) in [4.78, 5) is 40.7. The first-order valence-electron chi connectivity index (χ1n) is 12.0. The van der Waals surface area contributed by atoms with Crippen molar-refractivity contribution in [3.8, 4) is 11.3 Å². The summed E-state index contributed by atoms with van der Waals surface area (Å²) < 4.78 is 45.7. The summed E-state index contributed by atoms with van der Waals surface area (Å²) in [5.41, 5.74) is 7.47. The van der Waals surface area contributed by atoms with E-state index in [4.69, 9.17) is 10.2 Å². The lowest BCUT2D eigenvalue weighted by molar-refractivity contribution is -0.127. The van der Waals surface area contributed by atoms with Crippen molar-refractivity contribution in [1.29, 1.82) is 0 Å². The van der Waals surface area contributed by atoms with Crippen LogP contribution in [0, 0.1) is 11.7 Å². The number of halogens is 1. The highest BCUT2D eigenvalue weighted by Crippen LogP contribution is 2.34. The topological polar surface area (TPSA) is 141 Å². The standard InChI is InChI=1S/C26H28FN3O6S/c1-3-15-13-19-23(25(28)33)24(16-6-8-17(27)9-7-16)36-26(19)29-20(15)14-30(37(2,34)35)12-4-5-18-21(31)10-11-22(18)32/h6-9,13,18H,3-5,10-12,14H2,1-2H3,(H2,28,33). The molecule has 2 N–H and O–H groups in total. The van der Waals surface area contributed by atoms with Gasteiger partial charge in [0.05, 0.1) is 35.4 Å².